The highest BCUT2D eigenvalue weighted by Gasteiger charge is 2.13. The number of piperidine rings is 1. The summed E-state index contributed by atoms with van der Waals surface area (Å²) in [5, 5.41) is 4.33. The largest absolute Gasteiger partial charge is 0.399 e. The van der Waals surface area contributed by atoms with Gasteiger partial charge in [0.2, 0.25) is 0 Å². The second kappa shape index (κ2) is 5.80. The molecular weight excluding hydrogens is 240 g/mol. The number of benzene rings is 1. The molecule has 1 heterocycles. The van der Waals surface area contributed by atoms with Gasteiger partial charge >= 0.3 is 0 Å². The van der Waals surface area contributed by atoms with E-state index in [9.17, 15) is 0 Å². The van der Waals surface area contributed by atoms with Crippen molar-refractivity contribution >= 4 is 29.1 Å². The van der Waals surface area contributed by atoms with Gasteiger partial charge in [-0.15, -0.1) is 11.8 Å². The highest BCUT2D eigenvalue weighted by atomic mass is 35.5. The fourth-order valence-corrected chi connectivity index (χ4v) is 3.26. The number of halogens is 1. The van der Waals surface area contributed by atoms with Crippen LogP contribution in [0.3, 0.4) is 0 Å². The molecule has 0 saturated carbocycles. The summed E-state index contributed by atoms with van der Waals surface area (Å²) in [5.74, 6) is 1.07. The van der Waals surface area contributed by atoms with Crippen LogP contribution in [0.5, 0.6) is 0 Å². The second-order valence-electron chi connectivity index (χ2n) is 4.15. The maximum atomic E-state index is 6.12. The summed E-state index contributed by atoms with van der Waals surface area (Å²) >= 11 is 7.91. The molecule has 2 nitrogen and oxygen atoms in total. The first-order valence-corrected chi connectivity index (χ1v) is 7.03. The van der Waals surface area contributed by atoms with Gasteiger partial charge in [0, 0.05) is 22.4 Å². The van der Waals surface area contributed by atoms with Crippen molar-refractivity contribution in [1.82, 2.24) is 5.32 Å². The van der Waals surface area contributed by atoms with Gasteiger partial charge in [0.05, 0.1) is 5.02 Å². The Bertz CT molecular complexity index is 351. The van der Waals surface area contributed by atoms with Crippen molar-refractivity contribution < 1.29 is 0 Å². The molecule has 1 aliphatic heterocycles. The van der Waals surface area contributed by atoms with E-state index >= 15 is 0 Å². The molecule has 1 atom stereocenters. The predicted molar refractivity (Wildman–Crippen MR) is 72.2 cm³/mol. The van der Waals surface area contributed by atoms with Gasteiger partial charge in [-0.25, -0.2) is 0 Å². The van der Waals surface area contributed by atoms with Gasteiger partial charge in [0.15, 0.2) is 0 Å². The van der Waals surface area contributed by atoms with Crippen LogP contribution in [0.1, 0.15) is 19.3 Å². The number of thioether (sulfide) groups is 1. The van der Waals surface area contributed by atoms with Crippen molar-refractivity contribution in [2.75, 3.05) is 18.0 Å². The van der Waals surface area contributed by atoms with E-state index in [0.29, 0.717) is 6.04 Å². The number of rotatable bonds is 3. The predicted octanol–water partition coefficient (Wildman–Crippen LogP) is 3.16. The average Bonchev–Trinajstić information content (AvgIpc) is 2.32. The molecule has 1 aromatic rings. The Morgan fingerprint density at radius 3 is 3.06 bits per heavy atom. The van der Waals surface area contributed by atoms with E-state index in [1.165, 1.54) is 19.3 Å². The molecule has 16 heavy (non-hydrogen) atoms. The molecule has 1 aliphatic rings. The molecule has 0 spiro atoms. The fraction of sp³-hybridized carbons (Fsp3) is 0.500. The number of nitrogen functional groups attached to an aromatic ring is 1. The minimum Gasteiger partial charge on any atom is -0.399 e. The van der Waals surface area contributed by atoms with Gasteiger partial charge in [-0.05, 0) is 37.6 Å². The minimum atomic E-state index is 0.622. The zero-order valence-electron chi connectivity index (χ0n) is 9.21. The van der Waals surface area contributed by atoms with Crippen molar-refractivity contribution in [1.29, 1.82) is 0 Å². The van der Waals surface area contributed by atoms with Gasteiger partial charge in [-0.3, -0.25) is 0 Å². The van der Waals surface area contributed by atoms with Crippen LogP contribution in [-0.4, -0.2) is 18.3 Å². The maximum absolute atomic E-state index is 6.12. The van der Waals surface area contributed by atoms with Gasteiger partial charge in [-0.2, -0.15) is 0 Å². The van der Waals surface area contributed by atoms with Crippen LogP contribution in [0, 0.1) is 0 Å². The van der Waals surface area contributed by atoms with Crippen molar-refractivity contribution in [2.45, 2.75) is 30.2 Å². The standard InChI is InChI=1S/C12H17ClN2S/c13-11-5-4-9(14)7-12(11)16-8-10-3-1-2-6-15-10/h4-5,7,10,15H,1-3,6,8,14H2. The van der Waals surface area contributed by atoms with Crippen molar-refractivity contribution in [3.05, 3.63) is 23.2 Å². The molecule has 1 aromatic carbocycles. The van der Waals surface area contributed by atoms with Crippen LogP contribution in [0.15, 0.2) is 23.1 Å². The molecule has 0 amide bonds. The molecule has 0 bridgehead atoms. The number of hydrogen-bond donors (Lipinski definition) is 2. The molecule has 1 saturated heterocycles. The first kappa shape index (κ1) is 12.1. The number of anilines is 1. The van der Waals surface area contributed by atoms with E-state index in [2.05, 4.69) is 5.32 Å². The summed E-state index contributed by atoms with van der Waals surface area (Å²) in [5.41, 5.74) is 6.53. The highest BCUT2D eigenvalue weighted by Crippen LogP contribution is 2.30. The summed E-state index contributed by atoms with van der Waals surface area (Å²) in [6.07, 6.45) is 3.91. The molecule has 4 heteroatoms. The van der Waals surface area contributed by atoms with Crippen LogP contribution in [-0.2, 0) is 0 Å². The molecule has 1 fully saturated rings. The summed E-state index contributed by atoms with van der Waals surface area (Å²) in [7, 11) is 0. The molecule has 0 aliphatic carbocycles. The summed E-state index contributed by atoms with van der Waals surface area (Å²) in [6.45, 7) is 1.15. The smallest absolute Gasteiger partial charge is 0.0543 e. The van der Waals surface area contributed by atoms with E-state index in [1.807, 2.05) is 18.2 Å². The summed E-state index contributed by atoms with van der Waals surface area (Å²) < 4.78 is 0. The summed E-state index contributed by atoms with van der Waals surface area (Å²) in [4.78, 5) is 1.09. The van der Waals surface area contributed by atoms with Gasteiger partial charge in [0.1, 0.15) is 0 Å². The third kappa shape index (κ3) is 3.30. The zero-order valence-corrected chi connectivity index (χ0v) is 10.8. The van der Waals surface area contributed by atoms with E-state index in [1.54, 1.807) is 11.8 Å². The highest BCUT2D eigenvalue weighted by molar-refractivity contribution is 7.99. The van der Waals surface area contributed by atoms with E-state index in [-0.39, 0.29) is 0 Å². The third-order valence-electron chi connectivity index (χ3n) is 2.81. The van der Waals surface area contributed by atoms with Crippen molar-refractivity contribution in [3.8, 4) is 0 Å². The number of nitrogens with two attached hydrogens (primary N) is 1. The molecule has 1 unspecified atom stereocenters. The lowest BCUT2D eigenvalue weighted by Gasteiger charge is -2.23. The minimum absolute atomic E-state index is 0.622. The first-order valence-electron chi connectivity index (χ1n) is 5.67. The quantitative estimate of drug-likeness (QED) is 0.645. The first-order chi connectivity index (χ1) is 7.75. The van der Waals surface area contributed by atoms with Crippen LogP contribution >= 0.6 is 23.4 Å². The molecule has 3 N–H and O–H groups in total. The van der Waals surface area contributed by atoms with Gasteiger partial charge in [0.25, 0.3) is 0 Å². The Kier molecular flexibility index (Phi) is 4.38. The lowest BCUT2D eigenvalue weighted by atomic mass is 10.1. The average molecular weight is 257 g/mol. The monoisotopic (exact) mass is 256 g/mol. The Labute approximate surface area is 106 Å². The Balaban J connectivity index is 1.90. The summed E-state index contributed by atoms with van der Waals surface area (Å²) in [6, 6.07) is 6.28. The molecule has 0 radical (unpaired) electrons. The molecule has 2 rings (SSSR count). The van der Waals surface area contributed by atoms with Gasteiger partial charge in [-0.1, -0.05) is 18.0 Å². The van der Waals surface area contributed by atoms with E-state index < -0.39 is 0 Å². The molecular formula is C12H17ClN2S. The maximum Gasteiger partial charge on any atom is 0.0543 e. The Morgan fingerprint density at radius 1 is 1.44 bits per heavy atom. The normalized spacial score (nSPS) is 20.9. The Morgan fingerprint density at radius 2 is 2.31 bits per heavy atom. The third-order valence-corrected chi connectivity index (χ3v) is 4.47. The fourth-order valence-electron chi connectivity index (χ4n) is 1.89. The number of hydrogen-bond acceptors (Lipinski definition) is 3. The van der Waals surface area contributed by atoms with E-state index in [4.69, 9.17) is 17.3 Å². The lowest BCUT2D eigenvalue weighted by molar-refractivity contribution is 0.430. The molecule has 88 valence electrons. The van der Waals surface area contributed by atoms with Gasteiger partial charge < -0.3 is 11.1 Å². The second-order valence-corrected chi connectivity index (χ2v) is 5.62. The van der Waals surface area contributed by atoms with Crippen LogP contribution in [0.4, 0.5) is 5.69 Å². The lowest BCUT2D eigenvalue weighted by Crippen LogP contribution is -2.35. The van der Waals surface area contributed by atoms with Crippen LogP contribution < -0.4 is 11.1 Å². The SMILES string of the molecule is Nc1ccc(Cl)c(SCC2CCCCN2)c1. The van der Waals surface area contributed by atoms with E-state index in [0.717, 1.165) is 27.9 Å². The van der Waals surface area contributed by atoms with Crippen molar-refractivity contribution in [2.24, 2.45) is 0 Å². The topological polar surface area (TPSA) is 38.0 Å². The molecule has 0 aromatic heterocycles. The van der Waals surface area contributed by atoms with Crippen LogP contribution in [0.25, 0.3) is 0 Å². The zero-order chi connectivity index (χ0) is 11.4. The number of nitrogens with one attached hydrogen (secondary N) is 1. The van der Waals surface area contributed by atoms with Crippen molar-refractivity contribution in [3.63, 3.8) is 0 Å². The van der Waals surface area contributed by atoms with Crippen LogP contribution in [0.2, 0.25) is 5.02 Å². The Hall–Kier alpha value is -0.380.